The maximum absolute atomic E-state index is 14.3. The molecule has 8 nitrogen and oxygen atoms in total. The minimum absolute atomic E-state index is 0.0637. The molecule has 2 amide bonds. The number of anilines is 1. The molecule has 5 rings (SSSR count). The van der Waals surface area contributed by atoms with Crippen LogP contribution in [0.2, 0.25) is 0 Å². The summed E-state index contributed by atoms with van der Waals surface area (Å²) in [5, 5.41) is 3.15. The normalized spacial score (nSPS) is 14.2. The van der Waals surface area contributed by atoms with Crippen LogP contribution in [0.5, 0.6) is 11.5 Å². The molecule has 0 aromatic heterocycles. The van der Waals surface area contributed by atoms with Crippen molar-refractivity contribution in [3.63, 3.8) is 0 Å². The molecule has 1 N–H and O–H groups in total. The van der Waals surface area contributed by atoms with E-state index in [1.54, 1.807) is 55.5 Å². The number of carbonyl (C=O) groups excluding carboxylic acids is 2. The van der Waals surface area contributed by atoms with Crippen molar-refractivity contribution in [1.29, 1.82) is 0 Å². The second-order valence-electron chi connectivity index (χ2n) is 12.3. The van der Waals surface area contributed by atoms with Gasteiger partial charge in [0, 0.05) is 12.6 Å². The first-order valence-electron chi connectivity index (χ1n) is 16.2. The molecule has 0 bridgehead atoms. The van der Waals surface area contributed by atoms with Crippen molar-refractivity contribution in [3.05, 3.63) is 120 Å². The Balaban J connectivity index is 1.46. The molecule has 1 fully saturated rings. The minimum Gasteiger partial charge on any atom is -0.457 e. The fourth-order valence-corrected chi connectivity index (χ4v) is 7.24. The molecular formula is C38H43N3O5S. The number of carbonyl (C=O) groups is 2. The van der Waals surface area contributed by atoms with Crippen LogP contribution in [0, 0.1) is 13.8 Å². The molecule has 0 spiro atoms. The van der Waals surface area contributed by atoms with Crippen molar-refractivity contribution in [2.45, 2.75) is 76.4 Å². The first kappa shape index (κ1) is 33.7. The lowest BCUT2D eigenvalue weighted by Gasteiger charge is -2.33. The molecule has 0 aliphatic heterocycles. The van der Waals surface area contributed by atoms with Crippen LogP contribution in [0.3, 0.4) is 0 Å². The molecule has 4 aromatic carbocycles. The first-order valence-corrected chi connectivity index (χ1v) is 17.6. The van der Waals surface area contributed by atoms with E-state index in [2.05, 4.69) is 5.32 Å². The highest BCUT2D eigenvalue weighted by molar-refractivity contribution is 7.92. The number of nitrogens with zero attached hydrogens (tertiary/aromatic N) is 2. The molecule has 4 aromatic rings. The average molecular weight is 654 g/mol. The summed E-state index contributed by atoms with van der Waals surface area (Å²) in [5.41, 5.74) is 3.09. The Morgan fingerprint density at radius 1 is 0.809 bits per heavy atom. The number of benzene rings is 4. The second kappa shape index (κ2) is 15.3. The standard InChI is InChI=1S/C38H43N3O5S/c1-28-17-23-36(24-18-28)47(44,45)41(33-19-21-35(22-20-33)46-34-15-8-5-9-16-34)27-37(42)40(26-31-12-10-11-29(2)25-31)30(3)38(43)39-32-13-6-4-7-14-32/h5,8-12,15-25,30,32H,4,6-7,13-14,26-27H2,1-3H3,(H,39,43). The third-order valence-corrected chi connectivity index (χ3v) is 10.3. The van der Waals surface area contributed by atoms with Crippen molar-refractivity contribution in [2.24, 2.45) is 0 Å². The molecular weight excluding hydrogens is 611 g/mol. The summed E-state index contributed by atoms with van der Waals surface area (Å²) in [7, 11) is -4.17. The van der Waals surface area contributed by atoms with Crippen molar-refractivity contribution >= 4 is 27.5 Å². The number of aryl methyl sites for hydroxylation is 2. The summed E-state index contributed by atoms with van der Waals surface area (Å²) in [5.74, 6) is 0.436. The Bertz CT molecular complexity index is 1750. The van der Waals surface area contributed by atoms with Gasteiger partial charge < -0.3 is 15.0 Å². The number of sulfonamides is 1. The molecule has 1 aliphatic carbocycles. The number of hydrogen-bond donors (Lipinski definition) is 1. The van der Waals surface area contributed by atoms with Crippen LogP contribution >= 0.6 is 0 Å². The predicted octanol–water partition coefficient (Wildman–Crippen LogP) is 7.16. The van der Waals surface area contributed by atoms with Gasteiger partial charge in [-0.1, -0.05) is 85.0 Å². The summed E-state index contributed by atoms with van der Waals surface area (Å²) in [6, 6.07) is 29.4. The van der Waals surface area contributed by atoms with Crippen LogP contribution in [0.4, 0.5) is 5.69 Å². The van der Waals surface area contributed by atoms with E-state index >= 15 is 0 Å². The zero-order chi connectivity index (χ0) is 33.4. The number of nitrogens with one attached hydrogen (secondary N) is 1. The van der Waals surface area contributed by atoms with Crippen LogP contribution in [-0.2, 0) is 26.2 Å². The fraction of sp³-hybridized carbons (Fsp3) is 0.316. The number of hydrogen-bond acceptors (Lipinski definition) is 5. The Morgan fingerprint density at radius 2 is 1.47 bits per heavy atom. The predicted molar refractivity (Wildman–Crippen MR) is 185 cm³/mol. The third kappa shape index (κ3) is 8.80. The highest BCUT2D eigenvalue weighted by atomic mass is 32.2. The number of amides is 2. The van der Waals surface area contributed by atoms with Gasteiger partial charge in [0.2, 0.25) is 11.8 Å². The Kier molecular flexibility index (Phi) is 11.0. The fourth-order valence-electron chi connectivity index (χ4n) is 5.83. The molecule has 1 unspecified atom stereocenters. The lowest BCUT2D eigenvalue weighted by Crippen LogP contribution is -2.53. The highest BCUT2D eigenvalue weighted by Gasteiger charge is 2.33. The molecule has 0 saturated heterocycles. The molecule has 0 radical (unpaired) electrons. The number of rotatable bonds is 12. The van der Waals surface area contributed by atoms with Gasteiger partial charge in [-0.2, -0.15) is 0 Å². The molecule has 1 aliphatic rings. The zero-order valence-corrected chi connectivity index (χ0v) is 28.1. The monoisotopic (exact) mass is 653 g/mol. The topological polar surface area (TPSA) is 96.0 Å². The van der Waals surface area contributed by atoms with Gasteiger partial charge in [-0.25, -0.2) is 8.42 Å². The van der Waals surface area contributed by atoms with Gasteiger partial charge in [0.15, 0.2) is 0 Å². The smallest absolute Gasteiger partial charge is 0.264 e. The van der Waals surface area contributed by atoms with Crippen molar-refractivity contribution < 1.29 is 22.7 Å². The number of para-hydroxylation sites is 1. The van der Waals surface area contributed by atoms with Gasteiger partial charge in [0.25, 0.3) is 10.0 Å². The lowest BCUT2D eigenvalue weighted by molar-refractivity contribution is -0.139. The van der Waals surface area contributed by atoms with Gasteiger partial charge in [-0.05, 0) is 87.7 Å². The van der Waals surface area contributed by atoms with E-state index < -0.39 is 28.5 Å². The quantitative estimate of drug-likeness (QED) is 0.175. The van der Waals surface area contributed by atoms with E-state index in [1.165, 1.54) is 4.90 Å². The van der Waals surface area contributed by atoms with Crippen LogP contribution in [0.1, 0.15) is 55.7 Å². The van der Waals surface area contributed by atoms with E-state index in [9.17, 15) is 18.0 Å². The van der Waals surface area contributed by atoms with E-state index in [0.717, 1.165) is 53.1 Å². The summed E-state index contributed by atoms with van der Waals surface area (Å²) in [6.45, 7) is 5.21. The maximum atomic E-state index is 14.3. The van der Waals surface area contributed by atoms with Crippen LogP contribution in [0.25, 0.3) is 0 Å². The van der Waals surface area contributed by atoms with Crippen molar-refractivity contribution in [1.82, 2.24) is 10.2 Å². The van der Waals surface area contributed by atoms with Gasteiger partial charge in [-0.15, -0.1) is 0 Å². The van der Waals surface area contributed by atoms with Crippen LogP contribution in [0.15, 0.2) is 108 Å². The lowest BCUT2D eigenvalue weighted by atomic mass is 9.95. The highest BCUT2D eigenvalue weighted by Crippen LogP contribution is 2.29. The van der Waals surface area contributed by atoms with Gasteiger partial charge in [0.1, 0.15) is 24.1 Å². The molecule has 47 heavy (non-hydrogen) atoms. The minimum atomic E-state index is -4.17. The van der Waals surface area contributed by atoms with Gasteiger partial charge >= 0.3 is 0 Å². The summed E-state index contributed by atoms with van der Waals surface area (Å²) >= 11 is 0. The third-order valence-electron chi connectivity index (χ3n) is 8.55. The van der Waals surface area contributed by atoms with Crippen LogP contribution < -0.4 is 14.4 Å². The SMILES string of the molecule is Cc1ccc(S(=O)(=O)N(CC(=O)N(Cc2cccc(C)c2)C(C)C(=O)NC2CCCCC2)c2ccc(Oc3ccccc3)cc2)cc1. The largest absolute Gasteiger partial charge is 0.457 e. The van der Waals surface area contributed by atoms with Gasteiger partial charge in [-0.3, -0.25) is 13.9 Å². The molecule has 9 heteroatoms. The first-order chi connectivity index (χ1) is 22.6. The maximum Gasteiger partial charge on any atom is 0.264 e. The number of ether oxygens (including phenoxy) is 1. The molecule has 1 atom stereocenters. The Hall–Kier alpha value is -4.63. The molecule has 0 heterocycles. The van der Waals surface area contributed by atoms with E-state index in [-0.39, 0.29) is 23.4 Å². The van der Waals surface area contributed by atoms with E-state index in [4.69, 9.17) is 4.74 Å². The Morgan fingerprint density at radius 3 is 2.13 bits per heavy atom. The van der Waals surface area contributed by atoms with E-state index in [0.29, 0.717) is 17.2 Å². The average Bonchev–Trinajstić information content (AvgIpc) is 3.07. The zero-order valence-electron chi connectivity index (χ0n) is 27.3. The van der Waals surface area contributed by atoms with Crippen LogP contribution in [-0.4, -0.2) is 43.8 Å². The summed E-state index contributed by atoms with van der Waals surface area (Å²) in [4.78, 5) is 29.4. The summed E-state index contributed by atoms with van der Waals surface area (Å²) < 4.78 is 35.4. The second-order valence-corrected chi connectivity index (χ2v) is 14.1. The Labute approximate surface area is 278 Å². The summed E-state index contributed by atoms with van der Waals surface area (Å²) in [6.07, 6.45) is 5.11. The van der Waals surface area contributed by atoms with Crippen molar-refractivity contribution in [2.75, 3.05) is 10.8 Å². The van der Waals surface area contributed by atoms with Crippen molar-refractivity contribution in [3.8, 4) is 11.5 Å². The molecule has 246 valence electrons. The molecule has 1 saturated carbocycles. The van der Waals surface area contributed by atoms with E-state index in [1.807, 2.05) is 68.4 Å². The van der Waals surface area contributed by atoms with Gasteiger partial charge in [0.05, 0.1) is 10.6 Å².